The molecule has 2 rings (SSSR count). The number of nitrogen functional groups attached to an aromatic ring is 1. The van der Waals surface area contributed by atoms with Crippen molar-refractivity contribution < 1.29 is 9.47 Å². The van der Waals surface area contributed by atoms with Crippen LogP contribution in [0.1, 0.15) is 11.1 Å². The molecule has 0 fully saturated rings. The Bertz CT molecular complexity index is 612. The summed E-state index contributed by atoms with van der Waals surface area (Å²) in [5, 5.41) is 3.35. The van der Waals surface area contributed by atoms with Crippen LogP contribution in [-0.4, -0.2) is 20.8 Å². The Labute approximate surface area is 125 Å². The molecular formula is C17H22N2O2. The molecule has 0 bridgehead atoms. The largest absolute Gasteiger partial charge is 0.493 e. The van der Waals surface area contributed by atoms with Crippen molar-refractivity contribution in [3.63, 3.8) is 0 Å². The standard InChI is InChI=1S/C17H22N2O2/c1-12-6-4-5-7-13(12)8-9-19-15-11-17(21-3)16(20-2)10-14(15)18/h4-7,10-11,19H,8-9,18H2,1-3H3. The number of aryl methyl sites for hydroxylation is 1. The highest BCUT2D eigenvalue weighted by molar-refractivity contribution is 5.72. The molecule has 0 heterocycles. The predicted octanol–water partition coefficient (Wildman–Crippen LogP) is 3.25. The molecule has 0 saturated carbocycles. The average Bonchev–Trinajstić information content (AvgIpc) is 2.50. The molecule has 0 aliphatic rings. The zero-order chi connectivity index (χ0) is 15.2. The Morgan fingerprint density at radius 1 is 1.05 bits per heavy atom. The van der Waals surface area contributed by atoms with Gasteiger partial charge in [0, 0.05) is 18.7 Å². The smallest absolute Gasteiger partial charge is 0.162 e. The monoisotopic (exact) mass is 286 g/mol. The van der Waals surface area contributed by atoms with Gasteiger partial charge in [-0.25, -0.2) is 0 Å². The summed E-state index contributed by atoms with van der Waals surface area (Å²) >= 11 is 0. The molecule has 21 heavy (non-hydrogen) atoms. The quantitative estimate of drug-likeness (QED) is 0.800. The van der Waals surface area contributed by atoms with Gasteiger partial charge in [-0.15, -0.1) is 0 Å². The second-order valence-electron chi connectivity index (χ2n) is 4.90. The van der Waals surface area contributed by atoms with Gasteiger partial charge >= 0.3 is 0 Å². The maximum atomic E-state index is 6.03. The molecule has 0 saturated heterocycles. The van der Waals surface area contributed by atoms with Crippen LogP contribution in [-0.2, 0) is 6.42 Å². The van der Waals surface area contributed by atoms with E-state index in [4.69, 9.17) is 15.2 Å². The van der Waals surface area contributed by atoms with Crippen LogP contribution in [0.4, 0.5) is 11.4 Å². The summed E-state index contributed by atoms with van der Waals surface area (Å²) < 4.78 is 10.5. The van der Waals surface area contributed by atoms with E-state index in [1.165, 1.54) is 11.1 Å². The number of nitrogens with two attached hydrogens (primary N) is 1. The Hall–Kier alpha value is -2.36. The second kappa shape index (κ2) is 6.88. The molecule has 4 heteroatoms. The molecule has 0 radical (unpaired) electrons. The van der Waals surface area contributed by atoms with E-state index in [-0.39, 0.29) is 0 Å². The van der Waals surface area contributed by atoms with Gasteiger partial charge in [-0.3, -0.25) is 0 Å². The Kier molecular flexibility index (Phi) is 4.93. The molecule has 2 aromatic rings. The summed E-state index contributed by atoms with van der Waals surface area (Å²) in [5.74, 6) is 1.31. The van der Waals surface area contributed by atoms with Gasteiger partial charge in [-0.2, -0.15) is 0 Å². The minimum absolute atomic E-state index is 0.638. The van der Waals surface area contributed by atoms with Crippen molar-refractivity contribution in [1.82, 2.24) is 0 Å². The molecule has 0 aliphatic carbocycles. The van der Waals surface area contributed by atoms with Gasteiger partial charge in [-0.05, 0) is 24.5 Å². The first kappa shape index (κ1) is 15.0. The summed E-state index contributed by atoms with van der Waals surface area (Å²) in [4.78, 5) is 0. The molecule has 0 amide bonds. The van der Waals surface area contributed by atoms with E-state index in [1.54, 1.807) is 20.3 Å². The van der Waals surface area contributed by atoms with Gasteiger partial charge in [0.25, 0.3) is 0 Å². The van der Waals surface area contributed by atoms with Crippen LogP contribution in [0, 0.1) is 6.92 Å². The van der Waals surface area contributed by atoms with Gasteiger partial charge in [0.05, 0.1) is 25.6 Å². The number of nitrogens with one attached hydrogen (secondary N) is 1. The van der Waals surface area contributed by atoms with E-state index in [0.29, 0.717) is 17.2 Å². The number of anilines is 2. The molecular weight excluding hydrogens is 264 g/mol. The van der Waals surface area contributed by atoms with E-state index in [1.807, 2.05) is 6.07 Å². The van der Waals surface area contributed by atoms with E-state index in [0.717, 1.165) is 18.7 Å². The van der Waals surface area contributed by atoms with Gasteiger partial charge in [-0.1, -0.05) is 24.3 Å². The first-order chi connectivity index (χ1) is 10.2. The SMILES string of the molecule is COc1cc(N)c(NCCc2ccccc2C)cc1OC. The lowest BCUT2D eigenvalue weighted by Crippen LogP contribution is -2.08. The number of ether oxygens (including phenoxy) is 2. The lowest BCUT2D eigenvalue weighted by atomic mass is 10.1. The maximum absolute atomic E-state index is 6.03. The van der Waals surface area contributed by atoms with Crippen LogP contribution in [0.15, 0.2) is 36.4 Å². The average molecular weight is 286 g/mol. The fourth-order valence-electron chi connectivity index (χ4n) is 2.27. The zero-order valence-electron chi connectivity index (χ0n) is 12.8. The normalized spacial score (nSPS) is 10.2. The minimum atomic E-state index is 0.638. The molecule has 112 valence electrons. The fraction of sp³-hybridized carbons (Fsp3) is 0.294. The van der Waals surface area contributed by atoms with Crippen molar-refractivity contribution in [3.8, 4) is 11.5 Å². The molecule has 0 atom stereocenters. The fourth-order valence-corrected chi connectivity index (χ4v) is 2.27. The molecule has 0 aliphatic heterocycles. The molecule has 0 aromatic heterocycles. The van der Waals surface area contributed by atoms with E-state index < -0.39 is 0 Å². The lowest BCUT2D eigenvalue weighted by Gasteiger charge is -2.14. The van der Waals surface area contributed by atoms with E-state index in [2.05, 4.69) is 36.5 Å². The number of benzene rings is 2. The van der Waals surface area contributed by atoms with Gasteiger partial charge in [0.2, 0.25) is 0 Å². The number of hydrogen-bond acceptors (Lipinski definition) is 4. The van der Waals surface area contributed by atoms with Crippen LogP contribution < -0.4 is 20.5 Å². The molecule has 3 N–H and O–H groups in total. The third-order valence-electron chi connectivity index (χ3n) is 3.53. The highest BCUT2D eigenvalue weighted by Crippen LogP contribution is 2.34. The summed E-state index contributed by atoms with van der Waals surface area (Å²) in [6.45, 7) is 2.94. The van der Waals surface area contributed by atoms with Crippen LogP contribution in [0.3, 0.4) is 0 Å². The molecule has 0 unspecified atom stereocenters. The summed E-state index contributed by atoms with van der Waals surface area (Å²) in [6.07, 6.45) is 0.945. The first-order valence-electron chi connectivity index (χ1n) is 6.95. The highest BCUT2D eigenvalue weighted by Gasteiger charge is 2.08. The second-order valence-corrected chi connectivity index (χ2v) is 4.90. The lowest BCUT2D eigenvalue weighted by molar-refractivity contribution is 0.355. The predicted molar refractivity (Wildman–Crippen MR) is 87.3 cm³/mol. The molecule has 4 nitrogen and oxygen atoms in total. The topological polar surface area (TPSA) is 56.5 Å². The minimum Gasteiger partial charge on any atom is -0.493 e. The van der Waals surface area contributed by atoms with Gasteiger partial charge in [0.1, 0.15) is 0 Å². The Morgan fingerprint density at radius 2 is 1.71 bits per heavy atom. The third kappa shape index (κ3) is 3.60. The third-order valence-corrected chi connectivity index (χ3v) is 3.53. The van der Waals surface area contributed by atoms with Gasteiger partial charge < -0.3 is 20.5 Å². The summed E-state index contributed by atoms with van der Waals surface area (Å²) in [6, 6.07) is 12.0. The number of hydrogen-bond donors (Lipinski definition) is 2. The van der Waals surface area contributed by atoms with Gasteiger partial charge in [0.15, 0.2) is 11.5 Å². The Balaban J connectivity index is 2.05. The molecule has 0 spiro atoms. The van der Waals surface area contributed by atoms with E-state index in [9.17, 15) is 0 Å². The van der Waals surface area contributed by atoms with Crippen molar-refractivity contribution in [3.05, 3.63) is 47.5 Å². The zero-order valence-corrected chi connectivity index (χ0v) is 12.8. The van der Waals surface area contributed by atoms with Crippen LogP contribution in [0.2, 0.25) is 0 Å². The molecule has 2 aromatic carbocycles. The van der Waals surface area contributed by atoms with Crippen molar-refractivity contribution in [1.29, 1.82) is 0 Å². The van der Waals surface area contributed by atoms with E-state index >= 15 is 0 Å². The van der Waals surface area contributed by atoms with Crippen LogP contribution >= 0.6 is 0 Å². The number of rotatable bonds is 6. The van der Waals surface area contributed by atoms with Crippen molar-refractivity contribution in [2.45, 2.75) is 13.3 Å². The van der Waals surface area contributed by atoms with Crippen molar-refractivity contribution >= 4 is 11.4 Å². The summed E-state index contributed by atoms with van der Waals surface area (Å²) in [7, 11) is 3.22. The highest BCUT2D eigenvalue weighted by atomic mass is 16.5. The summed E-state index contributed by atoms with van der Waals surface area (Å²) in [5.41, 5.74) is 10.2. The first-order valence-corrected chi connectivity index (χ1v) is 6.95. The van der Waals surface area contributed by atoms with Crippen molar-refractivity contribution in [2.24, 2.45) is 0 Å². The maximum Gasteiger partial charge on any atom is 0.162 e. The number of methoxy groups -OCH3 is 2. The van der Waals surface area contributed by atoms with Crippen LogP contribution in [0.25, 0.3) is 0 Å². The Morgan fingerprint density at radius 3 is 2.38 bits per heavy atom. The van der Waals surface area contributed by atoms with Crippen molar-refractivity contribution in [2.75, 3.05) is 31.8 Å². The van der Waals surface area contributed by atoms with Crippen LogP contribution in [0.5, 0.6) is 11.5 Å².